The van der Waals surface area contributed by atoms with Gasteiger partial charge in [-0.05, 0) is 18.4 Å². The highest BCUT2D eigenvalue weighted by Gasteiger charge is 2.26. The summed E-state index contributed by atoms with van der Waals surface area (Å²) in [6.07, 6.45) is 1.04. The van der Waals surface area contributed by atoms with Gasteiger partial charge in [-0.2, -0.15) is 11.8 Å². The van der Waals surface area contributed by atoms with E-state index in [1.165, 1.54) is 17.2 Å². The molecule has 0 radical (unpaired) electrons. The Kier molecular flexibility index (Phi) is 5.15. The van der Waals surface area contributed by atoms with Crippen molar-refractivity contribution in [2.45, 2.75) is 37.7 Å². The van der Waals surface area contributed by atoms with Gasteiger partial charge < -0.3 is 4.98 Å². The number of thioether (sulfide) groups is 2. The van der Waals surface area contributed by atoms with E-state index in [0.717, 1.165) is 16.9 Å². The number of aromatic amines is 1. The molecule has 2 rings (SSSR count). The van der Waals surface area contributed by atoms with Crippen LogP contribution in [0.3, 0.4) is 0 Å². The zero-order chi connectivity index (χ0) is 13.1. The maximum Gasteiger partial charge on any atom is 0.130 e. The highest BCUT2D eigenvalue weighted by atomic mass is 32.2. The summed E-state index contributed by atoms with van der Waals surface area (Å²) in [4.78, 5) is 8.05. The average molecular weight is 301 g/mol. The molecule has 1 aromatic rings. The molecule has 0 spiro atoms. The fourth-order valence-corrected chi connectivity index (χ4v) is 5.10. The average Bonchev–Trinajstić information content (AvgIpc) is 2.27. The van der Waals surface area contributed by atoms with E-state index in [-0.39, 0.29) is 0 Å². The van der Waals surface area contributed by atoms with Gasteiger partial charge in [0, 0.05) is 22.4 Å². The highest BCUT2D eigenvalue weighted by molar-refractivity contribution is 8.06. The van der Waals surface area contributed by atoms with Crippen LogP contribution < -0.4 is 0 Å². The molecule has 2 unspecified atom stereocenters. The van der Waals surface area contributed by atoms with Crippen molar-refractivity contribution in [2.75, 3.05) is 11.5 Å². The number of rotatable bonds is 3. The molecule has 1 fully saturated rings. The Bertz CT molecular complexity index is 456. The van der Waals surface area contributed by atoms with E-state index in [4.69, 9.17) is 12.2 Å². The van der Waals surface area contributed by atoms with Crippen LogP contribution >= 0.6 is 35.7 Å². The fraction of sp³-hybridized carbons (Fsp3) is 0.692. The second kappa shape index (κ2) is 6.44. The minimum atomic E-state index is 0.456. The van der Waals surface area contributed by atoms with Gasteiger partial charge in [0.05, 0.1) is 5.25 Å². The largest absolute Gasteiger partial charge is 0.346 e. The van der Waals surface area contributed by atoms with Crippen LogP contribution in [0.15, 0.2) is 6.07 Å². The van der Waals surface area contributed by atoms with Crippen LogP contribution in [-0.4, -0.2) is 26.7 Å². The van der Waals surface area contributed by atoms with Crippen LogP contribution in [0.4, 0.5) is 0 Å². The number of nitrogens with zero attached hydrogens (tertiary/aromatic N) is 1. The summed E-state index contributed by atoms with van der Waals surface area (Å²) in [5.41, 5.74) is 1.23. The van der Waals surface area contributed by atoms with Crippen LogP contribution in [0.5, 0.6) is 0 Å². The number of H-pyrrole nitrogens is 1. The van der Waals surface area contributed by atoms with Crippen LogP contribution in [0, 0.1) is 10.6 Å². The number of hydrogen-bond donors (Lipinski definition) is 1. The summed E-state index contributed by atoms with van der Waals surface area (Å²) in [6, 6.07) is 2.00. The Hall–Kier alpha value is -0.0000000000000000555. The monoisotopic (exact) mass is 300 g/mol. The molecule has 2 nitrogen and oxygen atoms in total. The first-order chi connectivity index (χ1) is 8.56. The summed E-state index contributed by atoms with van der Waals surface area (Å²) in [7, 11) is 0. The molecule has 0 aromatic carbocycles. The van der Waals surface area contributed by atoms with Crippen molar-refractivity contribution in [2.24, 2.45) is 5.92 Å². The zero-order valence-corrected chi connectivity index (χ0v) is 13.6. The predicted octanol–water partition coefficient (Wildman–Crippen LogP) is 4.25. The van der Waals surface area contributed by atoms with Gasteiger partial charge in [-0.15, -0.1) is 11.8 Å². The summed E-state index contributed by atoms with van der Waals surface area (Å²) in [5, 5.41) is 1.06. The van der Waals surface area contributed by atoms with Gasteiger partial charge in [0.25, 0.3) is 0 Å². The van der Waals surface area contributed by atoms with E-state index in [1.54, 1.807) is 0 Å². The maximum absolute atomic E-state index is 5.30. The lowest BCUT2D eigenvalue weighted by Gasteiger charge is -2.27. The molecule has 100 valence electrons. The Balaban J connectivity index is 2.26. The van der Waals surface area contributed by atoms with Gasteiger partial charge in [-0.25, -0.2) is 4.98 Å². The van der Waals surface area contributed by atoms with Gasteiger partial charge in [-0.1, -0.05) is 33.0 Å². The first-order valence-corrected chi connectivity index (χ1v) is 8.90. The molecular formula is C13H20N2S3. The lowest BCUT2D eigenvalue weighted by molar-refractivity contribution is 0.628. The first-order valence-electron chi connectivity index (χ1n) is 6.39. The number of aromatic nitrogens is 2. The second-order valence-corrected chi connectivity index (χ2v) is 8.25. The Morgan fingerprint density at radius 1 is 1.44 bits per heavy atom. The molecule has 1 aliphatic rings. The second-order valence-electron chi connectivity index (χ2n) is 5.10. The third-order valence-corrected chi connectivity index (χ3v) is 6.21. The molecule has 0 saturated carbocycles. The Morgan fingerprint density at radius 3 is 2.83 bits per heavy atom. The summed E-state index contributed by atoms with van der Waals surface area (Å²) in [5.74, 6) is 4.16. The summed E-state index contributed by atoms with van der Waals surface area (Å²) < 4.78 is 0.725. The van der Waals surface area contributed by atoms with Crippen molar-refractivity contribution in [3.05, 3.63) is 22.2 Å². The number of nitrogens with one attached hydrogen (secondary N) is 1. The van der Waals surface area contributed by atoms with Crippen LogP contribution in [0.1, 0.15) is 37.5 Å². The zero-order valence-electron chi connectivity index (χ0n) is 11.1. The molecule has 1 aromatic heterocycles. The molecule has 1 saturated heterocycles. The lowest BCUT2D eigenvalue weighted by atomic mass is 10.1. The van der Waals surface area contributed by atoms with E-state index in [9.17, 15) is 0 Å². The topological polar surface area (TPSA) is 28.7 Å². The number of hydrogen-bond acceptors (Lipinski definition) is 4. The Labute approximate surface area is 123 Å². The highest BCUT2D eigenvalue weighted by Crippen LogP contribution is 2.40. The normalized spacial score (nSPS) is 24.4. The summed E-state index contributed by atoms with van der Waals surface area (Å²) in [6.45, 7) is 6.74. The third-order valence-electron chi connectivity index (χ3n) is 2.90. The quantitative estimate of drug-likeness (QED) is 0.845. The van der Waals surface area contributed by atoms with E-state index in [0.29, 0.717) is 16.4 Å². The van der Waals surface area contributed by atoms with Crippen molar-refractivity contribution in [3.8, 4) is 0 Å². The van der Waals surface area contributed by atoms with Gasteiger partial charge in [-0.3, -0.25) is 0 Å². The van der Waals surface area contributed by atoms with E-state index < -0.39 is 0 Å². The SMILES string of the molecule is CC(C)Cc1cc(=S)nc(C2SCCSC2C)[nH]1. The lowest BCUT2D eigenvalue weighted by Crippen LogP contribution is -2.19. The molecular weight excluding hydrogens is 280 g/mol. The van der Waals surface area contributed by atoms with Gasteiger partial charge in [0.1, 0.15) is 10.5 Å². The predicted molar refractivity (Wildman–Crippen MR) is 85.1 cm³/mol. The van der Waals surface area contributed by atoms with Crippen LogP contribution in [0.2, 0.25) is 0 Å². The van der Waals surface area contributed by atoms with Crippen molar-refractivity contribution in [1.29, 1.82) is 0 Å². The molecule has 0 aliphatic carbocycles. The van der Waals surface area contributed by atoms with Crippen molar-refractivity contribution >= 4 is 35.7 Å². The van der Waals surface area contributed by atoms with E-state index in [2.05, 4.69) is 30.7 Å². The molecule has 2 heterocycles. The van der Waals surface area contributed by atoms with Gasteiger partial charge >= 0.3 is 0 Å². The minimum Gasteiger partial charge on any atom is -0.346 e. The fourth-order valence-electron chi connectivity index (χ4n) is 2.15. The van der Waals surface area contributed by atoms with Crippen molar-refractivity contribution < 1.29 is 0 Å². The van der Waals surface area contributed by atoms with Crippen LogP contribution in [-0.2, 0) is 6.42 Å². The molecule has 2 atom stereocenters. The molecule has 5 heteroatoms. The molecule has 1 N–H and O–H groups in total. The van der Waals surface area contributed by atoms with Gasteiger partial charge in [0.15, 0.2) is 0 Å². The third kappa shape index (κ3) is 3.75. The molecule has 0 bridgehead atoms. The molecule has 1 aliphatic heterocycles. The van der Waals surface area contributed by atoms with Crippen molar-refractivity contribution in [1.82, 2.24) is 9.97 Å². The molecule has 18 heavy (non-hydrogen) atoms. The summed E-state index contributed by atoms with van der Waals surface area (Å²) >= 11 is 9.33. The van der Waals surface area contributed by atoms with E-state index in [1.807, 2.05) is 29.6 Å². The van der Waals surface area contributed by atoms with E-state index >= 15 is 0 Å². The van der Waals surface area contributed by atoms with Crippen LogP contribution in [0.25, 0.3) is 0 Å². The van der Waals surface area contributed by atoms with Gasteiger partial charge in [0.2, 0.25) is 0 Å². The molecule has 0 amide bonds. The first kappa shape index (κ1) is 14.4. The smallest absolute Gasteiger partial charge is 0.130 e. The minimum absolute atomic E-state index is 0.456. The Morgan fingerprint density at radius 2 is 2.17 bits per heavy atom. The van der Waals surface area contributed by atoms with Crippen molar-refractivity contribution in [3.63, 3.8) is 0 Å². The standard InChI is InChI=1S/C13H20N2S3/c1-8(2)6-10-7-11(16)15-13(14-10)12-9(3)17-4-5-18-12/h7-9,12H,4-6H2,1-3H3,(H,14,15,16). The maximum atomic E-state index is 5.30.